The van der Waals surface area contributed by atoms with Gasteiger partial charge in [-0.1, -0.05) is 6.92 Å². The van der Waals surface area contributed by atoms with E-state index in [0.29, 0.717) is 31.5 Å². The molecule has 0 aromatic rings. The second-order valence-electron chi connectivity index (χ2n) is 5.18. The van der Waals surface area contributed by atoms with Gasteiger partial charge in [-0.05, 0) is 32.7 Å². The summed E-state index contributed by atoms with van der Waals surface area (Å²) in [6.45, 7) is 5.90. The molecule has 0 heterocycles. The lowest BCUT2D eigenvalue weighted by molar-refractivity contribution is -0.147. The largest absolute Gasteiger partial charge is 0.468 e. The second-order valence-corrected chi connectivity index (χ2v) is 5.18. The van der Waals surface area contributed by atoms with Crippen LogP contribution < -0.4 is 5.73 Å². The average Bonchev–Trinajstić information content (AvgIpc) is 2.73. The summed E-state index contributed by atoms with van der Waals surface area (Å²) in [5.74, 6) is -0.291. The number of carbonyl (C=O) groups is 1. The SMILES string of the molecule is CCN(C(C)COC)C1CCC(N)(C(=O)OC)C1. The van der Waals surface area contributed by atoms with Crippen LogP contribution in [0.3, 0.4) is 0 Å². The number of rotatable bonds is 6. The zero-order valence-electron chi connectivity index (χ0n) is 11.9. The number of nitrogens with two attached hydrogens (primary N) is 1. The summed E-state index contributed by atoms with van der Waals surface area (Å²) in [7, 11) is 3.11. The summed E-state index contributed by atoms with van der Waals surface area (Å²) in [6, 6.07) is 0.675. The average molecular weight is 258 g/mol. The van der Waals surface area contributed by atoms with E-state index in [-0.39, 0.29) is 5.97 Å². The van der Waals surface area contributed by atoms with Gasteiger partial charge in [0.1, 0.15) is 5.54 Å². The Hall–Kier alpha value is -0.650. The van der Waals surface area contributed by atoms with Crippen molar-refractivity contribution in [1.82, 2.24) is 4.90 Å². The number of hydrogen-bond donors (Lipinski definition) is 1. The van der Waals surface area contributed by atoms with Crippen LogP contribution in [0.15, 0.2) is 0 Å². The number of methoxy groups -OCH3 is 2. The van der Waals surface area contributed by atoms with Crippen LogP contribution in [0.25, 0.3) is 0 Å². The van der Waals surface area contributed by atoms with Gasteiger partial charge in [-0.3, -0.25) is 9.69 Å². The Morgan fingerprint density at radius 1 is 1.56 bits per heavy atom. The molecule has 0 aromatic heterocycles. The molecule has 0 bridgehead atoms. The fraction of sp³-hybridized carbons (Fsp3) is 0.923. The van der Waals surface area contributed by atoms with Gasteiger partial charge in [0.05, 0.1) is 13.7 Å². The van der Waals surface area contributed by atoms with Gasteiger partial charge in [0.25, 0.3) is 0 Å². The van der Waals surface area contributed by atoms with E-state index in [4.69, 9.17) is 15.2 Å². The number of esters is 1. The Morgan fingerprint density at radius 2 is 2.22 bits per heavy atom. The fourth-order valence-electron chi connectivity index (χ4n) is 2.99. The lowest BCUT2D eigenvalue weighted by atomic mass is 9.99. The summed E-state index contributed by atoms with van der Waals surface area (Å²) < 4.78 is 10.0. The zero-order valence-corrected chi connectivity index (χ0v) is 11.9. The summed E-state index contributed by atoms with van der Waals surface area (Å²) in [4.78, 5) is 14.1. The Labute approximate surface area is 110 Å². The van der Waals surface area contributed by atoms with Crippen LogP contribution in [-0.4, -0.2) is 55.9 Å². The Kier molecular flexibility index (Phi) is 5.56. The minimum atomic E-state index is -0.806. The normalized spacial score (nSPS) is 29.6. The molecule has 18 heavy (non-hydrogen) atoms. The van der Waals surface area contributed by atoms with E-state index < -0.39 is 5.54 Å². The van der Waals surface area contributed by atoms with E-state index >= 15 is 0 Å². The maximum atomic E-state index is 11.7. The van der Waals surface area contributed by atoms with E-state index in [1.54, 1.807) is 7.11 Å². The molecule has 1 saturated carbocycles. The smallest absolute Gasteiger partial charge is 0.325 e. The number of likely N-dealkylation sites (N-methyl/N-ethyl adjacent to an activating group) is 1. The van der Waals surface area contributed by atoms with Crippen LogP contribution in [0.2, 0.25) is 0 Å². The predicted molar refractivity (Wildman–Crippen MR) is 70.3 cm³/mol. The first-order chi connectivity index (χ1) is 8.48. The van der Waals surface area contributed by atoms with Gasteiger partial charge in [-0.15, -0.1) is 0 Å². The highest BCUT2D eigenvalue weighted by Crippen LogP contribution is 2.33. The van der Waals surface area contributed by atoms with Crippen molar-refractivity contribution in [2.75, 3.05) is 27.4 Å². The van der Waals surface area contributed by atoms with Gasteiger partial charge < -0.3 is 15.2 Å². The van der Waals surface area contributed by atoms with Crippen molar-refractivity contribution in [1.29, 1.82) is 0 Å². The molecule has 0 saturated heterocycles. The zero-order chi connectivity index (χ0) is 13.8. The lowest BCUT2D eigenvalue weighted by Crippen LogP contribution is -2.49. The van der Waals surface area contributed by atoms with Crippen LogP contribution in [0.1, 0.15) is 33.1 Å². The fourth-order valence-corrected chi connectivity index (χ4v) is 2.99. The van der Waals surface area contributed by atoms with Crippen molar-refractivity contribution < 1.29 is 14.3 Å². The highest BCUT2D eigenvalue weighted by atomic mass is 16.5. The molecule has 1 rings (SSSR count). The summed E-state index contributed by atoms with van der Waals surface area (Å²) in [6.07, 6.45) is 2.30. The van der Waals surface area contributed by atoms with Crippen molar-refractivity contribution in [2.45, 2.75) is 50.7 Å². The molecular formula is C13H26N2O3. The molecule has 1 aliphatic carbocycles. The molecule has 1 fully saturated rings. The van der Waals surface area contributed by atoms with Crippen molar-refractivity contribution in [3.63, 3.8) is 0 Å². The van der Waals surface area contributed by atoms with Crippen LogP contribution in [0, 0.1) is 0 Å². The van der Waals surface area contributed by atoms with Crippen molar-refractivity contribution >= 4 is 5.97 Å². The van der Waals surface area contributed by atoms with Gasteiger partial charge in [0, 0.05) is 19.2 Å². The summed E-state index contributed by atoms with van der Waals surface area (Å²) >= 11 is 0. The number of hydrogen-bond acceptors (Lipinski definition) is 5. The van der Waals surface area contributed by atoms with Crippen LogP contribution in [-0.2, 0) is 14.3 Å². The first-order valence-electron chi connectivity index (χ1n) is 6.60. The van der Waals surface area contributed by atoms with Gasteiger partial charge in [0.15, 0.2) is 0 Å². The first-order valence-corrected chi connectivity index (χ1v) is 6.60. The van der Waals surface area contributed by atoms with Gasteiger partial charge in [0.2, 0.25) is 0 Å². The molecule has 0 radical (unpaired) electrons. The maximum Gasteiger partial charge on any atom is 0.325 e. The molecule has 5 heteroatoms. The molecule has 0 aromatic carbocycles. The van der Waals surface area contributed by atoms with E-state index in [1.165, 1.54) is 7.11 Å². The Morgan fingerprint density at radius 3 is 2.72 bits per heavy atom. The minimum absolute atomic E-state index is 0.291. The van der Waals surface area contributed by atoms with E-state index in [9.17, 15) is 4.79 Å². The highest BCUT2D eigenvalue weighted by molar-refractivity contribution is 5.81. The second kappa shape index (κ2) is 6.50. The topological polar surface area (TPSA) is 64.8 Å². The van der Waals surface area contributed by atoms with Crippen LogP contribution in [0.5, 0.6) is 0 Å². The van der Waals surface area contributed by atoms with Gasteiger partial charge >= 0.3 is 5.97 Å². The van der Waals surface area contributed by atoms with E-state index in [1.807, 2.05) is 0 Å². The molecule has 3 atom stereocenters. The van der Waals surface area contributed by atoms with E-state index in [2.05, 4.69) is 18.7 Å². The third-order valence-electron chi connectivity index (χ3n) is 3.92. The molecule has 0 aliphatic heterocycles. The van der Waals surface area contributed by atoms with Crippen LogP contribution >= 0.6 is 0 Å². The number of nitrogens with zero attached hydrogens (tertiary/aromatic N) is 1. The maximum absolute atomic E-state index is 11.7. The number of carbonyl (C=O) groups excluding carboxylic acids is 1. The molecule has 0 spiro atoms. The summed E-state index contributed by atoms with van der Waals surface area (Å²) in [5, 5.41) is 0. The lowest BCUT2D eigenvalue weighted by Gasteiger charge is -2.33. The molecule has 1 aliphatic rings. The Bertz CT molecular complexity index is 285. The molecule has 106 valence electrons. The number of ether oxygens (including phenoxy) is 2. The molecular weight excluding hydrogens is 232 g/mol. The van der Waals surface area contributed by atoms with Gasteiger partial charge in [-0.2, -0.15) is 0 Å². The standard InChI is InChI=1S/C13H26N2O3/c1-5-15(10(2)9-17-3)11-6-7-13(14,8-11)12(16)18-4/h10-11H,5-9,14H2,1-4H3. The van der Waals surface area contributed by atoms with E-state index in [0.717, 1.165) is 13.0 Å². The Balaban J connectivity index is 2.66. The quantitative estimate of drug-likeness (QED) is 0.713. The molecule has 5 nitrogen and oxygen atoms in total. The molecule has 2 N–H and O–H groups in total. The van der Waals surface area contributed by atoms with Crippen molar-refractivity contribution in [3.8, 4) is 0 Å². The summed E-state index contributed by atoms with van der Waals surface area (Å²) in [5.41, 5.74) is 5.33. The van der Waals surface area contributed by atoms with Crippen molar-refractivity contribution in [2.24, 2.45) is 5.73 Å². The van der Waals surface area contributed by atoms with Gasteiger partial charge in [-0.25, -0.2) is 0 Å². The minimum Gasteiger partial charge on any atom is -0.468 e. The predicted octanol–water partition coefficient (Wildman–Crippen LogP) is 0.766. The highest BCUT2D eigenvalue weighted by Gasteiger charge is 2.45. The monoisotopic (exact) mass is 258 g/mol. The van der Waals surface area contributed by atoms with Crippen molar-refractivity contribution in [3.05, 3.63) is 0 Å². The third-order valence-corrected chi connectivity index (χ3v) is 3.92. The molecule has 3 unspecified atom stereocenters. The first kappa shape index (κ1) is 15.4. The third kappa shape index (κ3) is 3.22. The van der Waals surface area contributed by atoms with Crippen LogP contribution in [0.4, 0.5) is 0 Å². The molecule has 0 amide bonds.